The van der Waals surface area contributed by atoms with Crippen molar-refractivity contribution in [3.8, 4) is 11.3 Å². The Kier molecular flexibility index (Phi) is 1.47. The molecule has 0 amide bonds. The molecule has 0 bridgehead atoms. The molecule has 12 heavy (non-hydrogen) atoms. The summed E-state index contributed by atoms with van der Waals surface area (Å²) < 4.78 is 5.00. The minimum absolute atomic E-state index is 0.240. The molecule has 1 aliphatic heterocycles. The Morgan fingerprint density at radius 3 is 2.75 bits per heavy atom. The summed E-state index contributed by atoms with van der Waals surface area (Å²) in [6.45, 7) is 1.77. The summed E-state index contributed by atoms with van der Waals surface area (Å²) >= 11 is 0. The molecule has 1 aliphatic carbocycles. The average molecular weight is 160 g/mol. The molecule has 0 aromatic carbocycles. The van der Waals surface area contributed by atoms with E-state index in [2.05, 4.69) is 0 Å². The highest BCUT2D eigenvalue weighted by Crippen LogP contribution is 2.21. The molecule has 0 saturated carbocycles. The summed E-state index contributed by atoms with van der Waals surface area (Å²) in [6, 6.07) is 9.33. The van der Waals surface area contributed by atoms with Gasteiger partial charge in [0.25, 0.3) is 0 Å². The summed E-state index contributed by atoms with van der Waals surface area (Å²) in [6.07, 6.45) is 0. The third kappa shape index (κ3) is 0.925. The van der Waals surface area contributed by atoms with Crippen LogP contribution in [0.4, 0.5) is 0 Å². The van der Waals surface area contributed by atoms with Crippen LogP contribution in [-0.2, 0) is 0 Å². The monoisotopic (exact) mass is 160 g/mol. The van der Waals surface area contributed by atoms with Crippen molar-refractivity contribution in [3.05, 3.63) is 46.3 Å². The van der Waals surface area contributed by atoms with Crippen molar-refractivity contribution in [2.75, 3.05) is 0 Å². The Labute approximate surface area is 69.8 Å². The van der Waals surface area contributed by atoms with E-state index in [4.69, 9.17) is 4.42 Å². The SMILES string of the molecule is Cc1c2cccccc-2oc1=O. The number of hydrogen-bond donors (Lipinski definition) is 0. The van der Waals surface area contributed by atoms with Gasteiger partial charge < -0.3 is 4.42 Å². The first-order valence-corrected chi connectivity index (χ1v) is 3.77. The highest BCUT2D eigenvalue weighted by atomic mass is 16.4. The second kappa shape index (κ2) is 2.48. The first-order chi connectivity index (χ1) is 5.79. The van der Waals surface area contributed by atoms with Gasteiger partial charge in [-0.2, -0.15) is 0 Å². The summed E-state index contributed by atoms with van der Waals surface area (Å²) in [4.78, 5) is 11.1. The van der Waals surface area contributed by atoms with Crippen molar-refractivity contribution in [3.63, 3.8) is 0 Å². The van der Waals surface area contributed by atoms with E-state index in [1.807, 2.05) is 24.3 Å². The maximum Gasteiger partial charge on any atom is 0.339 e. The summed E-state index contributed by atoms with van der Waals surface area (Å²) in [5.41, 5.74) is 1.34. The standard InChI is InChI=1S/C10H8O2/c1-7-8-5-3-2-4-6-9(8)12-10(7)11/h2-6H,1H3. The molecule has 0 atom stereocenters. The molecule has 2 rings (SSSR count). The van der Waals surface area contributed by atoms with Gasteiger partial charge in [0.05, 0.1) is 0 Å². The van der Waals surface area contributed by atoms with Gasteiger partial charge in [-0.3, -0.25) is 0 Å². The van der Waals surface area contributed by atoms with E-state index in [1.54, 1.807) is 13.0 Å². The Balaban J connectivity index is 2.88. The highest BCUT2D eigenvalue weighted by molar-refractivity contribution is 5.61. The van der Waals surface area contributed by atoms with Gasteiger partial charge in [-0.15, -0.1) is 0 Å². The van der Waals surface area contributed by atoms with Crippen LogP contribution in [0.15, 0.2) is 39.5 Å². The van der Waals surface area contributed by atoms with Gasteiger partial charge in [0.15, 0.2) is 0 Å². The van der Waals surface area contributed by atoms with Gasteiger partial charge in [-0.25, -0.2) is 4.79 Å². The van der Waals surface area contributed by atoms with Crippen LogP contribution in [-0.4, -0.2) is 0 Å². The molecule has 2 aliphatic rings. The maximum absolute atomic E-state index is 11.1. The first-order valence-electron chi connectivity index (χ1n) is 3.77. The fourth-order valence-corrected chi connectivity index (χ4v) is 1.22. The second-order valence-electron chi connectivity index (χ2n) is 2.70. The van der Waals surface area contributed by atoms with Crippen LogP contribution in [0.2, 0.25) is 0 Å². The number of hydrogen-bond acceptors (Lipinski definition) is 2. The zero-order chi connectivity index (χ0) is 8.55. The normalized spacial score (nSPS) is 10.4. The minimum Gasteiger partial charge on any atom is -0.423 e. The van der Waals surface area contributed by atoms with E-state index >= 15 is 0 Å². The molecule has 1 heterocycles. The molecule has 2 nitrogen and oxygen atoms in total. The lowest BCUT2D eigenvalue weighted by Crippen LogP contribution is -1.93. The summed E-state index contributed by atoms with van der Waals surface area (Å²) in [5, 5.41) is 0. The summed E-state index contributed by atoms with van der Waals surface area (Å²) in [7, 11) is 0. The van der Waals surface area contributed by atoms with Crippen molar-refractivity contribution in [2.45, 2.75) is 6.92 Å². The largest absolute Gasteiger partial charge is 0.423 e. The number of fused-ring (bicyclic) bond motifs is 1. The molecule has 0 aromatic rings. The minimum atomic E-state index is -0.240. The maximum atomic E-state index is 11.1. The van der Waals surface area contributed by atoms with Crippen LogP contribution >= 0.6 is 0 Å². The molecular formula is C10H8O2. The second-order valence-corrected chi connectivity index (χ2v) is 2.70. The molecule has 0 unspecified atom stereocenters. The lowest BCUT2D eigenvalue weighted by molar-refractivity contribution is 0.542. The average Bonchev–Trinajstić information content (AvgIpc) is 2.30. The van der Waals surface area contributed by atoms with Crippen molar-refractivity contribution in [1.82, 2.24) is 0 Å². The van der Waals surface area contributed by atoms with Gasteiger partial charge >= 0.3 is 5.63 Å². The highest BCUT2D eigenvalue weighted by Gasteiger charge is 2.10. The smallest absolute Gasteiger partial charge is 0.339 e. The van der Waals surface area contributed by atoms with E-state index in [9.17, 15) is 4.79 Å². The van der Waals surface area contributed by atoms with Crippen LogP contribution in [0, 0.1) is 6.92 Å². The lowest BCUT2D eigenvalue weighted by atomic mass is 10.1. The number of rotatable bonds is 0. The molecule has 0 fully saturated rings. The predicted molar refractivity (Wildman–Crippen MR) is 46.3 cm³/mol. The van der Waals surface area contributed by atoms with Crippen molar-refractivity contribution in [1.29, 1.82) is 0 Å². The van der Waals surface area contributed by atoms with Crippen molar-refractivity contribution in [2.24, 2.45) is 0 Å². The van der Waals surface area contributed by atoms with Crippen LogP contribution < -0.4 is 5.63 Å². The van der Waals surface area contributed by atoms with E-state index < -0.39 is 0 Å². The van der Waals surface area contributed by atoms with Crippen LogP contribution in [0.1, 0.15) is 5.56 Å². The quantitative estimate of drug-likeness (QED) is 0.590. The molecule has 0 N–H and O–H groups in total. The Morgan fingerprint density at radius 1 is 1.17 bits per heavy atom. The van der Waals surface area contributed by atoms with E-state index in [-0.39, 0.29) is 5.63 Å². The van der Waals surface area contributed by atoms with Gasteiger partial charge in [0.2, 0.25) is 0 Å². The molecule has 0 aromatic heterocycles. The molecule has 0 radical (unpaired) electrons. The molecule has 60 valence electrons. The predicted octanol–water partition coefficient (Wildman–Crippen LogP) is 2.05. The van der Waals surface area contributed by atoms with Gasteiger partial charge in [0, 0.05) is 11.1 Å². The lowest BCUT2D eigenvalue weighted by Gasteiger charge is -1.86. The van der Waals surface area contributed by atoms with Gasteiger partial charge in [-0.1, -0.05) is 24.3 Å². The topological polar surface area (TPSA) is 30.2 Å². The molecule has 0 spiro atoms. The zero-order valence-corrected chi connectivity index (χ0v) is 6.70. The number of furan rings is 1. The van der Waals surface area contributed by atoms with Crippen LogP contribution in [0.25, 0.3) is 11.3 Å². The first kappa shape index (κ1) is 7.10. The Bertz CT molecular complexity index is 428. The Hall–Kier alpha value is -1.57. The van der Waals surface area contributed by atoms with E-state index in [0.717, 1.165) is 5.56 Å². The van der Waals surface area contributed by atoms with E-state index in [0.29, 0.717) is 11.3 Å². The molecular weight excluding hydrogens is 152 g/mol. The van der Waals surface area contributed by atoms with Gasteiger partial charge in [0.1, 0.15) is 5.76 Å². The molecule has 2 heteroatoms. The van der Waals surface area contributed by atoms with Crippen LogP contribution in [0.5, 0.6) is 0 Å². The summed E-state index contributed by atoms with van der Waals surface area (Å²) in [5.74, 6) is 0.655. The van der Waals surface area contributed by atoms with Crippen molar-refractivity contribution >= 4 is 0 Å². The zero-order valence-electron chi connectivity index (χ0n) is 6.70. The Morgan fingerprint density at radius 2 is 1.92 bits per heavy atom. The van der Waals surface area contributed by atoms with E-state index in [1.165, 1.54) is 0 Å². The fourth-order valence-electron chi connectivity index (χ4n) is 1.22. The van der Waals surface area contributed by atoms with Crippen LogP contribution in [0.3, 0.4) is 0 Å². The van der Waals surface area contributed by atoms with Crippen molar-refractivity contribution < 1.29 is 4.42 Å². The molecule has 0 saturated heterocycles. The van der Waals surface area contributed by atoms with Gasteiger partial charge in [-0.05, 0) is 13.0 Å². The fraction of sp³-hybridized carbons (Fsp3) is 0.100. The third-order valence-electron chi connectivity index (χ3n) is 1.91. The third-order valence-corrected chi connectivity index (χ3v) is 1.91.